The van der Waals surface area contributed by atoms with Gasteiger partial charge in [0.1, 0.15) is 6.04 Å². The molecular weight excluding hydrogens is 594 g/mol. The summed E-state index contributed by atoms with van der Waals surface area (Å²) in [6, 6.07) is 9.42. The Balaban J connectivity index is 1.29. The van der Waals surface area contributed by atoms with Crippen molar-refractivity contribution < 1.29 is 22.8 Å². The Hall–Kier alpha value is -2.58. The highest BCUT2D eigenvalue weighted by atomic mass is 35.5. The predicted molar refractivity (Wildman–Crippen MR) is 160 cm³/mol. The second-order valence-electron chi connectivity index (χ2n) is 9.48. The molecule has 2 aromatic rings. The first-order chi connectivity index (χ1) is 19.1. The number of nitrogens with zero attached hydrogens (tertiary/aromatic N) is 2. The number of carbonyl (C=O) groups excluding carboxylic acids is 3. The van der Waals surface area contributed by atoms with Gasteiger partial charge in [0.05, 0.1) is 16.6 Å². The number of thioether (sulfide) groups is 1. The van der Waals surface area contributed by atoms with Crippen molar-refractivity contribution in [1.29, 1.82) is 0 Å². The highest BCUT2D eigenvalue weighted by molar-refractivity contribution is 7.98. The number of para-hydroxylation sites is 1. The third kappa shape index (κ3) is 8.23. The van der Waals surface area contributed by atoms with Gasteiger partial charge >= 0.3 is 6.03 Å². The summed E-state index contributed by atoms with van der Waals surface area (Å²) in [4.78, 5) is 43.5. The number of hydrogen-bond acceptors (Lipinski definition) is 7. The standard InChI is InChI=1S/C26H32ClN5O5S3/c1-38-22-9-3-2-7-20(22)29-26(35)28-16-18-6-4-14-32(18)24(33)17-31-13-5-8-21(25(31)34)30-40(36,37)15-12-19-10-11-23(27)39-19/h2-3,7,9-12,15,18,21,30H,4-6,8,13-14,16-17H2,1H3,(H2,28,29,35)/b15-12+. The molecule has 0 spiro atoms. The van der Waals surface area contributed by atoms with Crippen molar-refractivity contribution in [3.63, 3.8) is 0 Å². The number of rotatable bonds is 10. The Kier molecular flexibility index (Phi) is 10.5. The molecule has 2 aliphatic rings. The molecule has 1 aromatic heterocycles. The van der Waals surface area contributed by atoms with Gasteiger partial charge in [-0.05, 0) is 62.3 Å². The van der Waals surface area contributed by atoms with E-state index in [2.05, 4.69) is 15.4 Å². The van der Waals surface area contributed by atoms with Crippen molar-refractivity contribution >= 4 is 74.3 Å². The van der Waals surface area contributed by atoms with Crippen molar-refractivity contribution in [3.05, 3.63) is 51.0 Å². The first kappa shape index (κ1) is 30.4. The van der Waals surface area contributed by atoms with E-state index in [9.17, 15) is 22.8 Å². The number of benzene rings is 1. The van der Waals surface area contributed by atoms with Crippen LogP contribution in [0.2, 0.25) is 4.34 Å². The molecule has 0 saturated carbocycles. The van der Waals surface area contributed by atoms with Gasteiger partial charge in [0.15, 0.2) is 0 Å². The highest BCUT2D eigenvalue weighted by Gasteiger charge is 2.35. The number of nitrogens with one attached hydrogen (secondary N) is 3. The zero-order valence-corrected chi connectivity index (χ0v) is 25.2. The van der Waals surface area contributed by atoms with Gasteiger partial charge in [-0.25, -0.2) is 13.2 Å². The van der Waals surface area contributed by atoms with E-state index in [1.165, 1.54) is 34.1 Å². The van der Waals surface area contributed by atoms with Crippen molar-refractivity contribution in [2.45, 2.75) is 42.7 Å². The number of halogens is 1. The zero-order chi connectivity index (χ0) is 28.7. The fourth-order valence-electron chi connectivity index (χ4n) is 4.77. The number of amides is 4. The van der Waals surface area contributed by atoms with Crippen LogP contribution in [0, 0.1) is 0 Å². The van der Waals surface area contributed by atoms with Crippen LogP contribution in [-0.2, 0) is 19.6 Å². The Labute approximate surface area is 247 Å². The summed E-state index contributed by atoms with van der Waals surface area (Å²) in [5.74, 6) is -0.639. The van der Waals surface area contributed by atoms with Crippen LogP contribution in [0.4, 0.5) is 10.5 Å². The largest absolute Gasteiger partial charge is 0.336 e. The number of likely N-dealkylation sites (tertiary alicyclic amines) is 2. The first-order valence-electron chi connectivity index (χ1n) is 12.9. The quantitative estimate of drug-likeness (QED) is 0.345. The molecule has 4 rings (SSSR count). The maximum Gasteiger partial charge on any atom is 0.319 e. The SMILES string of the molecule is CSc1ccccc1NC(=O)NCC1CCCN1C(=O)CN1CCCC(NS(=O)(=O)/C=C/c2ccc(Cl)s2)C1=O. The maximum absolute atomic E-state index is 13.2. The van der Waals surface area contributed by atoms with E-state index in [0.717, 1.165) is 23.1 Å². The lowest BCUT2D eigenvalue weighted by atomic mass is 10.1. The predicted octanol–water partition coefficient (Wildman–Crippen LogP) is 3.82. The summed E-state index contributed by atoms with van der Waals surface area (Å²) in [5.41, 5.74) is 0.715. The van der Waals surface area contributed by atoms with Crippen LogP contribution in [0.15, 0.2) is 46.7 Å². The van der Waals surface area contributed by atoms with E-state index in [4.69, 9.17) is 11.6 Å². The van der Waals surface area contributed by atoms with Gasteiger partial charge in [0.25, 0.3) is 0 Å². The topological polar surface area (TPSA) is 128 Å². The number of urea groups is 1. The number of carbonyl (C=O) groups is 3. The molecule has 2 unspecified atom stereocenters. The third-order valence-corrected chi connectivity index (χ3v) is 9.82. The molecule has 40 heavy (non-hydrogen) atoms. The van der Waals surface area contributed by atoms with Crippen molar-refractivity contribution in [2.24, 2.45) is 0 Å². The van der Waals surface area contributed by atoms with Crippen LogP contribution in [-0.4, -0.2) is 80.6 Å². The molecule has 0 aliphatic carbocycles. The van der Waals surface area contributed by atoms with Gasteiger partial charge in [-0.2, -0.15) is 4.72 Å². The van der Waals surface area contributed by atoms with Gasteiger partial charge in [-0.15, -0.1) is 23.1 Å². The summed E-state index contributed by atoms with van der Waals surface area (Å²) in [6.07, 6.45) is 5.83. The average molecular weight is 626 g/mol. The zero-order valence-electron chi connectivity index (χ0n) is 22.0. The van der Waals surface area contributed by atoms with Crippen molar-refractivity contribution in [2.75, 3.05) is 37.8 Å². The Morgan fingerprint density at radius 3 is 2.67 bits per heavy atom. The fraction of sp³-hybridized carbons (Fsp3) is 0.423. The minimum absolute atomic E-state index is 0.135. The first-order valence-corrected chi connectivity index (χ1v) is 16.8. The van der Waals surface area contributed by atoms with E-state index in [0.29, 0.717) is 40.8 Å². The van der Waals surface area contributed by atoms with Crippen molar-refractivity contribution in [3.8, 4) is 0 Å². The molecule has 4 amide bonds. The summed E-state index contributed by atoms with van der Waals surface area (Å²) >= 11 is 8.66. The fourth-order valence-corrected chi connectivity index (χ4v) is 7.40. The summed E-state index contributed by atoms with van der Waals surface area (Å²) in [5, 5.41) is 6.72. The van der Waals surface area contributed by atoms with Crippen LogP contribution in [0.1, 0.15) is 30.6 Å². The van der Waals surface area contributed by atoms with Crippen LogP contribution >= 0.6 is 34.7 Å². The summed E-state index contributed by atoms with van der Waals surface area (Å²) in [7, 11) is -3.88. The number of hydrogen-bond donors (Lipinski definition) is 3. The molecular formula is C26H32ClN5O5S3. The molecule has 14 heteroatoms. The highest BCUT2D eigenvalue weighted by Crippen LogP contribution is 2.25. The van der Waals surface area contributed by atoms with Crippen LogP contribution in [0.25, 0.3) is 6.08 Å². The molecule has 2 fully saturated rings. The smallest absolute Gasteiger partial charge is 0.319 e. The third-order valence-electron chi connectivity index (χ3n) is 6.72. The Morgan fingerprint density at radius 1 is 1.15 bits per heavy atom. The molecule has 1 aromatic carbocycles. The van der Waals surface area contributed by atoms with Gasteiger partial charge in [-0.3, -0.25) is 9.59 Å². The van der Waals surface area contributed by atoms with Gasteiger partial charge in [0.2, 0.25) is 21.8 Å². The molecule has 216 valence electrons. The number of thiophene rings is 1. The summed E-state index contributed by atoms with van der Waals surface area (Å²) in [6.45, 7) is 1.07. The lowest BCUT2D eigenvalue weighted by Crippen LogP contribution is -2.55. The van der Waals surface area contributed by atoms with Crippen LogP contribution in [0.5, 0.6) is 0 Å². The molecule has 2 saturated heterocycles. The Bertz CT molecular complexity index is 1370. The van der Waals surface area contributed by atoms with Gasteiger partial charge in [-0.1, -0.05) is 23.7 Å². The van der Waals surface area contributed by atoms with E-state index in [-0.39, 0.29) is 31.1 Å². The minimum Gasteiger partial charge on any atom is -0.336 e. The molecule has 3 N–H and O–H groups in total. The van der Waals surface area contributed by atoms with E-state index in [1.807, 2.05) is 30.5 Å². The average Bonchev–Trinajstić information content (AvgIpc) is 3.57. The van der Waals surface area contributed by atoms with Crippen LogP contribution in [0.3, 0.4) is 0 Å². The molecule has 2 atom stereocenters. The van der Waals surface area contributed by atoms with E-state index < -0.39 is 22.0 Å². The van der Waals surface area contributed by atoms with Gasteiger partial charge in [0, 0.05) is 40.9 Å². The lowest BCUT2D eigenvalue weighted by Gasteiger charge is -2.34. The monoisotopic (exact) mass is 625 g/mol. The van der Waals surface area contributed by atoms with E-state index in [1.54, 1.807) is 17.0 Å². The molecule has 3 heterocycles. The molecule has 10 nitrogen and oxygen atoms in total. The van der Waals surface area contributed by atoms with Crippen LogP contribution < -0.4 is 15.4 Å². The lowest BCUT2D eigenvalue weighted by molar-refractivity contribution is -0.143. The number of sulfonamides is 1. The van der Waals surface area contributed by atoms with Gasteiger partial charge < -0.3 is 20.4 Å². The maximum atomic E-state index is 13.2. The van der Waals surface area contributed by atoms with Crippen molar-refractivity contribution in [1.82, 2.24) is 19.8 Å². The summed E-state index contributed by atoms with van der Waals surface area (Å²) < 4.78 is 28.1. The van der Waals surface area contributed by atoms with E-state index >= 15 is 0 Å². The molecule has 2 aliphatic heterocycles. The normalized spacial score (nSPS) is 19.8. The second kappa shape index (κ2) is 13.9. The molecule has 0 bridgehead atoms. The Morgan fingerprint density at radius 2 is 1.93 bits per heavy atom. The number of piperidine rings is 1. The molecule has 0 radical (unpaired) electrons. The minimum atomic E-state index is -3.88. The number of anilines is 1. The second-order valence-corrected chi connectivity index (χ2v) is 13.7.